The summed E-state index contributed by atoms with van der Waals surface area (Å²) in [4.78, 5) is 0. The highest BCUT2D eigenvalue weighted by molar-refractivity contribution is 7.93. The topological polar surface area (TPSA) is 90.6 Å². The molecular formula is C13H20N2O4S. The molecule has 7 heteroatoms. The van der Waals surface area contributed by atoms with E-state index in [1.54, 1.807) is 24.3 Å². The molecule has 1 aromatic carbocycles. The van der Waals surface area contributed by atoms with Crippen molar-refractivity contribution >= 4 is 15.7 Å². The van der Waals surface area contributed by atoms with Gasteiger partial charge in [0.1, 0.15) is 12.4 Å². The monoisotopic (exact) mass is 300 g/mol. The van der Waals surface area contributed by atoms with Gasteiger partial charge in [0.25, 0.3) is 0 Å². The highest BCUT2D eigenvalue weighted by atomic mass is 32.2. The van der Waals surface area contributed by atoms with Crippen LogP contribution < -0.4 is 15.2 Å². The average Bonchev–Trinajstić information content (AvgIpc) is 2.47. The minimum absolute atomic E-state index is 0.343. The van der Waals surface area contributed by atoms with Crippen molar-refractivity contribution in [3.05, 3.63) is 24.3 Å². The number of hydrogen-bond donors (Lipinski definition) is 2. The van der Waals surface area contributed by atoms with Crippen LogP contribution in [-0.4, -0.2) is 40.0 Å². The molecule has 2 rings (SSSR count). The SMILES string of the molecule is NCCOc1ccccc1NS(=O)(=O)C1CCOCC1. The molecule has 0 bridgehead atoms. The Morgan fingerprint density at radius 3 is 2.70 bits per heavy atom. The first-order valence-electron chi connectivity index (χ1n) is 6.65. The molecule has 1 saturated heterocycles. The van der Waals surface area contributed by atoms with Gasteiger partial charge in [0.05, 0.1) is 10.9 Å². The molecule has 0 aromatic heterocycles. The third-order valence-electron chi connectivity index (χ3n) is 3.12. The Labute approximate surface area is 119 Å². The first-order valence-corrected chi connectivity index (χ1v) is 8.19. The van der Waals surface area contributed by atoms with Crippen LogP contribution in [-0.2, 0) is 14.8 Å². The second-order valence-corrected chi connectivity index (χ2v) is 6.55. The van der Waals surface area contributed by atoms with Gasteiger partial charge in [-0.05, 0) is 25.0 Å². The van der Waals surface area contributed by atoms with Crippen LogP contribution in [0.3, 0.4) is 0 Å². The number of ether oxygens (including phenoxy) is 2. The molecule has 1 aliphatic heterocycles. The summed E-state index contributed by atoms with van der Waals surface area (Å²) in [5.74, 6) is 0.494. The lowest BCUT2D eigenvalue weighted by molar-refractivity contribution is 0.0984. The summed E-state index contributed by atoms with van der Waals surface area (Å²) in [7, 11) is -3.43. The van der Waals surface area contributed by atoms with Gasteiger partial charge in [-0.15, -0.1) is 0 Å². The molecule has 0 unspecified atom stereocenters. The Morgan fingerprint density at radius 2 is 2.00 bits per heavy atom. The molecule has 0 aliphatic carbocycles. The number of hydrogen-bond acceptors (Lipinski definition) is 5. The van der Waals surface area contributed by atoms with Gasteiger partial charge in [-0.3, -0.25) is 4.72 Å². The lowest BCUT2D eigenvalue weighted by Gasteiger charge is -2.23. The van der Waals surface area contributed by atoms with Crippen LogP contribution in [0.25, 0.3) is 0 Å². The minimum atomic E-state index is -3.43. The molecular weight excluding hydrogens is 280 g/mol. The molecule has 1 aliphatic rings. The van der Waals surface area contributed by atoms with E-state index in [9.17, 15) is 8.42 Å². The molecule has 112 valence electrons. The highest BCUT2D eigenvalue weighted by Gasteiger charge is 2.28. The smallest absolute Gasteiger partial charge is 0.235 e. The van der Waals surface area contributed by atoms with Crippen molar-refractivity contribution in [3.63, 3.8) is 0 Å². The second kappa shape index (κ2) is 6.92. The van der Waals surface area contributed by atoms with Crippen molar-refractivity contribution in [2.75, 3.05) is 31.1 Å². The van der Waals surface area contributed by atoms with Gasteiger partial charge in [-0.1, -0.05) is 12.1 Å². The summed E-state index contributed by atoms with van der Waals surface area (Å²) in [6.45, 7) is 1.69. The average molecular weight is 300 g/mol. The molecule has 0 saturated carbocycles. The second-order valence-electron chi connectivity index (χ2n) is 4.59. The van der Waals surface area contributed by atoms with Gasteiger partial charge in [-0.2, -0.15) is 0 Å². The summed E-state index contributed by atoms with van der Waals surface area (Å²) >= 11 is 0. The van der Waals surface area contributed by atoms with E-state index in [2.05, 4.69) is 4.72 Å². The maximum absolute atomic E-state index is 12.3. The molecule has 1 fully saturated rings. The van der Waals surface area contributed by atoms with E-state index < -0.39 is 15.3 Å². The van der Waals surface area contributed by atoms with Crippen molar-refractivity contribution in [1.82, 2.24) is 0 Å². The van der Waals surface area contributed by atoms with Gasteiger partial charge in [-0.25, -0.2) is 8.42 Å². The minimum Gasteiger partial charge on any atom is -0.490 e. The molecule has 0 atom stereocenters. The fourth-order valence-corrected chi connectivity index (χ4v) is 3.52. The van der Waals surface area contributed by atoms with E-state index in [0.29, 0.717) is 50.6 Å². The van der Waals surface area contributed by atoms with Crippen LogP contribution in [0.15, 0.2) is 24.3 Å². The number of para-hydroxylation sites is 2. The van der Waals surface area contributed by atoms with E-state index in [1.807, 2.05) is 0 Å². The zero-order valence-electron chi connectivity index (χ0n) is 11.2. The van der Waals surface area contributed by atoms with Gasteiger partial charge in [0.2, 0.25) is 10.0 Å². The van der Waals surface area contributed by atoms with Gasteiger partial charge in [0, 0.05) is 19.8 Å². The number of nitrogens with two attached hydrogens (primary N) is 1. The summed E-state index contributed by atoms with van der Waals surface area (Å²) in [6.07, 6.45) is 1.03. The Bertz CT molecular complexity index is 527. The van der Waals surface area contributed by atoms with Crippen LogP contribution in [0.2, 0.25) is 0 Å². The predicted octanol–water partition coefficient (Wildman–Crippen LogP) is 0.945. The molecule has 6 nitrogen and oxygen atoms in total. The maximum atomic E-state index is 12.3. The van der Waals surface area contributed by atoms with E-state index in [1.165, 1.54) is 0 Å². The van der Waals surface area contributed by atoms with E-state index in [-0.39, 0.29) is 0 Å². The van der Waals surface area contributed by atoms with Gasteiger partial charge >= 0.3 is 0 Å². The van der Waals surface area contributed by atoms with Gasteiger partial charge in [0.15, 0.2) is 0 Å². The molecule has 3 N–H and O–H groups in total. The maximum Gasteiger partial charge on any atom is 0.235 e. The van der Waals surface area contributed by atoms with Gasteiger partial charge < -0.3 is 15.2 Å². The van der Waals surface area contributed by atoms with E-state index in [4.69, 9.17) is 15.2 Å². The lowest BCUT2D eigenvalue weighted by atomic mass is 10.2. The van der Waals surface area contributed by atoms with Crippen LogP contribution in [0, 0.1) is 0 Å². The standard InChI is InChI=1S/C13H20N2O4S/c14-7-10-19-13-4-2-1-3-12(13)15-20(16,17)11-5-8-18-9-6-11/h1-4,11,15H,5-10,14H2. The summed E-state index contributed by atoms with van der Waals surface area (Å²) in [5.41, 5.74) is 5.84. The number of rotatable bonds is 6. The molecule has 1 heterocycles. The van der Waals surface area contributed by atoms with Crippen molar-refractivity contribution in [1.29, 1.82) is 0 Å². The van der Waals surface area contributed by atoms with Crippen molar-refractivity contribution in [2.24, 2.45) is 5.73 Å². The van der Waals surface area contributed by atoms with Crippen molar-refractivity contribution in [2.45, 2.75) is 18.1 Å². The normalized spacial score (nSPS) is 16.9. The van der Waals surface area contributed by atoms with Crippen LogP contribution in [0.1, 0.15) is 12.8 Å². The molecule has 20 heavy (non-hydrogen) atoms. The van der Waals surface area contributed by atoms with E-state index in [0.717, 1.165) is 0 Å². The number of benzene rings is 1. The Kier molecular flexibility index (Phi) is 5.22. The molecule has 0 amide bonds. The fraction of sp³-hybridized carbons (Fsp3) is 0.538. The first-order chi connectivity index (χ1) is 9.63. The Morgan fingerprint density at radius 1 is 1.30 bits per heavy atom. The Hall–Kier alpha value is -1.31. The van der Waals surface area contributed by atoms with Crippen LogP contribution >= 0.6 is 0 Å². The Balaban J connectivity index is 2.11. The number of sulfonamides is 1. The predicted molar refractivity (Wildman–Crippen MR) is 77.4 cm³/mol. The van der Waals surface area contributed by atoms with Crippen molar-refractivity contribution < 1.29 is 17.9 Å². The first kappa shape index (κ1) is 15.1. The largest absolute Gasteiger partial charge is 0.490 e. The lowest BCUT2D eigenvalue weighted by Crippen LogP contribution is -2.33. The zero-order chi connectivity index (χ0) is 14.4. The summed E-state index contributed by atoms with van der Waals surface area (Å²) in [5, 5.41) is -0.418. The summed E-state index contributed by atoms with van der Waals surface area (Å²) in [6, 6.07) is 6.95. The fourth-order valence-electron chi connectivity index (χ4n) is 2.07. The molecule has 1 aromatic rings. The quantitative estimate of drug-likeness (QED) is 0.816. The number of nitrogens with one attached hydrogen (secondary N) is 1. The van der Waals surface area contributed by atoms with Crippen LogP contribution in [0.4, 0.5) is 5.69 Å². The molecule has 0 spiro atoms. The summed E-state index contributed by atoms with van der Waals surface area (Å²) < 4.78 is 37.9. The third kappa shape index (κ3) is 3.84. The zero-order valence-corrected chi connectivity index (χ0v) is 12.1. The van der Waals surface area contributed by atoms with E-state index >= 15 is 0 Å². The van der Waals surface area contributed by atoms with Crippen LogP contribution in [0.5, 0.6) is 5.75 Å². The highest BCUT2D eigenvalue weighted by Crippen LogP contribution is 2.27. The number of anilines is 1. The third-order valence-corrected chi connectivity index (χ3v) is 4.98. The van der Waals surface area contributed by atoms with Crippen molar-refractivity contribution in [3.8, 4) is 5.75 Å². The molecule has 0 radical (unpaired) electrons.